The van der Waals surface area contributed by atoms with Gasteiger partial charge in [-0.2, -0.15) is 0 Å². The Kier molecular flexibility index (Phi) is 4.80. The molecule has 1 fully saturated rings. The van der Waals surface area contributed by atoms with E-state index in [1.54, 1.807) is 30.6 Å². The normalized spacial score (nSPS) is 19.0. The molecule has 0 amide bonds. The number of benzene rings is 1. The Balaban J connectivity index is 1.62. The third kappa shape index (κ3) is 3.10. The molecule has 7 nitrogen and oxygen atoms in total. The minimum absolute atomic E-state index is 0.0520. The summed E-state index contributed by atoms with van der Waals surface area (Å²) in [6, 6.07) is 9.13. The van der Waals surface area contributed by atoms with E-state index in [1.807, 2.05) is 12.1 Å². The van der Waals surface area contributed by atoms with Gasteiger partial charge >= 0.3 is 0 Å². The Bertz CT molecular complexity index is 1200. The van der Waals surface area contributed by atoms with Gasteiger partial charge in [0.25, 0.3) is 10.0 Å². The molecular formula is C22H26N4O3S. The minimum atomic E-state index is -3.78. The number of rotatable bonds is 4. The Morgan fingerprint density at radius 1 is 1.20 bits per heavy atom. The summed E-state index contributed by atoms with van der Waals surface area (Å²) in [6.07, 6.45) is 5.96. The molecule has 2 N–H and O–H groups in total. The van der Waals surface area contributed by atoms with Crippen LogP contribution in [-0.2, 0) is 16.4 Å². The first-order valence-corrected chi connectivity index (χ1v) is 11.9. The van der Waals surface area contributed by atoms with Crippen molar-refractivity contribution in [2.75, 3.05) is 19.7 Å². The van der Waals surface area contributed by atoms with E-state index < -0.39 is 10.0 Å². The molecule has 2 aliphatic heterocycles. The van der Waals surface area contributed by atoms with E-state index in [4.69, 9.17) is 10.5 Å². The Hall–Kier alpha value is -2.42. The van der Waals surface area contributed by atoms with Gasteiger partial charge in [0.1, 0.15) is 5.75 Å². The lowest BCUT2D eigenvalue weighted by Crippen LogP contribution is -2.40. The van der Waals surface area contributed by atoms with Gasteiger partial charge in [-0.1, -0.05) is 6.07 Å². The van der Waals surface area contributed by atoms with Crippen molar-refractivity contribution in [1.82, 2.24) is 13.9 Å². The van der Waals surface area contributed by atoms with Gasteiger partial charge in [-0.15, -0.1) is 0 Å². The molecule has 4 heterocycles. The molecule has 0 spiro atoms. The predicted molar refractivity (Wildman–Crippen MR) is 115 cm³/mol. The summed E-state index contributed by atoms with van der Waals surface area (Å²) in [5.41, 5.74) is 9.07. The molecule has 30 heavy (non-hydrogen) atoms. The van der Waals surface area contributed by atoms with Gasteiger partial charge in [-0.25, -0.2) is 12.4 Å². The third-order valence-electron chi connectivity index (χ3n) is 6.36. The molecular weight excluding hydrogens is 400 g/mol. The first-order chi connectivity index (χ1) is 14.5. The maximum Gasteiger partial charge on any atom is 0.268 e. The molecule has 3 aromatic rings. The maximum absolute atomic E-state index is 13.7. The van der Waals surface area contributed by atoms with Gasteiger partial charge in [-0.3, -0.25) is 9.88 Å². The van der Waals surface area contributed by atoms with Crippen molar-refractivity contribution in [2.24, 2.45) is 5.73 Å². The lowest BCUT2D eigenvalue weighted by molar-refractivity contribution is 0.164. The van der Waals surface area contributed by atoms with Crippen LogP contribution in [0.15, 0.2) is 47.6 Å². The summed E-state index contributed by atoms with van der Waals surface area (Å²) in [5.74, 6) is 0.656. The van der Waals surface area contributed by atoms with Crippen LogP contribution < -0.4 is 10.5 Å². The predicted octanol–water partition coefficient (Wildman–Crippen LogP) is 2.69. The van der Waals surface area contributed by atoms with Crippen LogP contribution in [-0.4, -0.2) is 48.0 Å². The molecule has 1 aromatic carbocycles. The van der Waals surface area contributed by atoms with Crippen LogP contribution in [0, 0.1) is 0 Å². The van der Waals surface area contributed by atoms with Crippen molar-refractivity contribution in [3.63, 3.8) is 0 Å². The van der Waals surface area contributed by atoms with Crippen LogP contribution in [0.1, 0.15) is 36.9 Å². The number of likely N-dealkylation sites (tertiary alicyclic amines) is 1. The fraction of sp³-hybridized carbons (Fsp3) is 0.409. The molecule has 1 unspecified atom stereocenters. The smallest absolute Gasteiger partial charge is 0.268 e. The molecule has 2 aliphatic rings. The zero-order valence-electron chi connectivity index (χ0n) is 17.0. The molecule has 0 saturated carbocycles. The lowest BCUT2D eigenvalue weighted by Gasteiger charge is -2.34. The minimum Gasteiger partial charge on any atom is -0.493 e. The van der Waals surface area contributed by atoms with Gasteiger partial charge in [-0.05, 0) is 44.0 Å². The number of pyridine rings is 1. The van der Waals surface area contributed by atoms with Crippen molar-refractivity contribution >= 4 is 21.1 Å². The van der Waals surface area contributed by atoms with Crippen molar-refractivity contribution in [3.8, 4) is 5.75 Å². The second-order valence-electron chi connectivity index (χ2n) is 8.14. The molecule has 1 atom stereocenters. The monoisotopic (exact) mass is 426 g/mol. The van der Waals surface area contributed by atoms with Gasteiger partial charge < -0.3 is 10.5 Å². The van der Waals surface area contributed by atoms with Gasteiger partial charge in [0, 0.05) is 55.1 Å². The number of nitrogens with zero attached hydrogens (tertiary/aromatic N) is 3. The highest BCUT2D eigenvalue weighted by Crippen LogP contribution is 2.36. The van der Waals surface area contributed by atoms with Crippen LogP contribution in [0.3, 0.4) is 0 Å². The van der Waals surface area contributed by atoms with Crippen LogP contribution in [0.25, 0.3) is 11.0 Å². The zero-order valence-corrected chi connectivity index (χ0v) is 17.8. The highest BCUT2D eigenvalue weighted by molar-refractivity contribution is 7.90. The van der Waals surface area contributed by atoms with E-state index in [0.29, 0.717) is 29.2 Å². The second kappa shape index (κ2) is 7.37. The van der Waals surface area contributed by atoms with Crippen molar-refractivity contribution in [2.45, 2.75) is 43.2 Å². The first kappa shape index (κ1) is 19.5. The van der Waals surface area contributed by atoms with Crippen LogP contribution in [0.5, 0.6) is 5.75 Å². The van der Waals surface area contributed by atoms with Crippen molar-refractivity contribution < 1.29 is 13.2 Å². The van der Waals surface area contributed by atoms with Crippen LogP contribution in [0.4, 0.5) is 0 Å². The number of hydrogen-bond acceptors (Lipinski definition) is 6. The van der Waals surface area contributed by atoms with E-state index in [-0.39, 0.29) is 12.1 Å². The van der Waals surface area contributed by atoms with E-state index in [0.717, 1.165) is 42.6 Å². The topological polar surface area (TPSA) is 90.4 Å². The maximum atomic E-state index is 13.7. The number of piperidine rings is 1. The van der Waals surface area contributed by atoms with Gasteiger partial charge in [0.15, 0.2) is 0 Å². The molecule has 1 saturated heterocycles. The van der Waals surface area contributed by atoms with E-state index in [2.05, 4.69) is 16.8 Å². The van der Waals surface area contributed by atoms with Crippen LogP contribution in [0.2, 0.25) is 0 Å². The number of hydrogen-bond donors (Lipinski definition) is 1. The summed E-state index contributed by atoms with van der Waals surface area (Å²) in [6.45, 7) is 4.43. The van der Waals surface area contributed by atoms with E-state index >= 15 is 0 Å². The largest absolute Gasteiger partial charge is 0.493 e. The molecule has 2 aromatic heterocycles. The Morgan fingerprint density at radius 2 is 2.00 bits per heavy atom. The summed E-state index contributed by atoms with van der Waals surface area (Å²) < 4.78 is 34.4. The quantitative estimate of drug-likeness (QED) is 0.690. The molecule has 0 bridgehead atoms. The van der Waals surface area contributed by atoms with Crippen molar-refractivity contribution in [3.05, 3.63) is 53.9 Å². The first-order valence-electron chi connectivity index (χ1n) is 10.4. The number of nitrogens with two attached hydrogens (primary N) is 1. The average molecular weight is 427 g/mol. The van der Waals surface area contributed by atoms with Gasteiger partial charge in [0.2, 0.25) is 0 Å². The molecule has 5 rings (SSSR count). The number of ether oxygens (including phenoxy) is 1. The molecule has 158 valence electrons. The molecule has 0 radical (unpaired) electrons. The highest BCUT2D eigenvalue weighted by atomic mass is 32.2. The zero-order chi connectivity index (χ0) is 20.9. The molecule has 8 heteroatoms. The van der Waals surface area contributed by atoms with E-state index in [9.17, 15) is 8.42 Å². The standard InChI is InChI=1S/C22H26N4O3S/c1-15(25-11-7-16(23)8-12-25)18-14-26(19-4-3-10-24-22(18)19)30(27,28)21-6-2-5-20-17(21)9-13-29-20/h2-6,10,14-16H,7-9,11-13,23H2,1H3. The summed E-state index contributed by atoms with van der Waals surface area (Å²) in [7, 11) is -3.78. The SMILES string of the molecule is CC(c1cn(S(=O)(=O)c2cccc3c2CCO3)c2cccnc12)N1CCC(N)CC1. The fourth-order valence-corrected chi connectivity index (χ4v) is 6.24. The van der Waals surface area contributed by atoms with Gasteiger partial charge in [0.05, 0.1) is 22.5 Å². The van der Waals surface area contributed by atoms with Crippen molar-refractivity contribution in [1.29, 1.82) is 0 Å². The lowest BCUT2D eigenvalue weighted by atomic mass is 10.0. The molecule has 0 aliphatic carbocycles. The summed E-state index contributed by atoms with van der Waals surface area (Å²) >= 11 is 0. The average Bonchev–Trinajstić information content (AvgIpc) is 3.38. The summed E-state index contributed by atoms with van der Waals surface area (Å²) in [5, 5.41) is 0. The van der Waals surface area contributed by atoms with E-state index in [1.165, 1.54) is 3.97 Å². The number of aromatic nitrogens is 2. The Labute approximate surface area is 176 Å². The Morgan fingerprint density at radius 3 is 2.80 bits per heavy atom. The second-order valence-corrected chi connectivity index (χ2v) is 9.92. The summed E-state index contributed by atoms with van der Waals surface area (Å²) in [4.78, 5) is 7.22. The van der Waals surface area contributed by atoms with Crippen LogP contribution >= 0.6 is 0 Å². The highest BCUT2D eigenvalue weighted by Gasteiger charge is 2.30. The fourth-order valence-electron chi connectivity index (χ4n) is 4.60. The number of fused-ring (bicyclic) bond motifs is 2. The third-order valence-corrected chi connectivity index (χ3v) is 8.12.